The van der Waals surface area contributed by atoms with Gasteiger partial charge in [-0.05, 0) is 28.9 Å². The predicted molar refractivity (Wildman–Crippen MR) is 125 cm³/mol. The molecule has 1 fully saturated rings. The molecule has 1 aromatic heterocycles. The van der Waals surface area contributed by atoms with Gasteiger partial charge in [-0.3, -0.25) is 14.7 Å². The van der Waals surface area contributed by atoms with Crippen molar-refractivity contribution in [2.75, 3.05) is 52.9 Å². The summed E-state index contributed by atoms with van der Waals surface area (Å²) in [4.78, 5) is 22.6. The molecule has 0 saturated carbocycles. The molecule has 1 saturated heterocycles. The van der Waals surface area contributed by atoms with E-state index in [0.717, 1.165) is 62.8 Å². The number of aliphatic imine (C=N–C) groups is 1. The molecule has 2 heterocycles. The minimum Gasteiger partial charge on any atom is -0.357 e. The normalized spacial score (nSPS) is 15.4. The molecule has 1 N–H and O–H groups in total. The number of halogens is 2. The van der Waals surface area contributed by atoms with E-state index in [9.17, 15) is 4.79 Å². The average Bonchev–Trinajstić information content (AvgIpc) is 2.91. The summed E-state index contributed by atoms with van der Waals surface area (Å²) >= 11 is 3.52. The number of guanidine groups is 1. The van der Waals surface area contributed by atoms with Crippen LogP contribution in [-0.2, 0) is 18.4 Å². The number of carbonyl (C=O) groups is 1. The Morgan fingerprint density at radius 2 is 2.00 bits per heavy atom. The molecule has 27 heavy (non-hydrogen) atoms. The van der Waals surface area contributed by atoms with Crippen LogP contribution in [-0.4, -0.2) is 84.0 Å². The highest BCUT2D eigenvalue weighted by atomic mass is 127. The van der Waals surface area contributed by atoms with Crippen molar-refractivity contribution in [1.82, 2.24) is 24.6 Å². The van der Waals surface area contributed by atoms with Crippen LogP contribution >= 0.6 is 39.9 Å². The van der Waals surface area contributed by atoms with E-state index in [1.54, 1.807) is 6.92 Å². The molecule has 0 atom stereocenters. The van der Waals surface area contributed by atoms with Crippen LogP contribution < -0.4 is 5.32 Å². The fourth-order valence-electron chi connectivity index (χ4n) is 3.09. The molecule has 0 radical (unpaired) electrons. The van der Waals surface area contributed by atoms with Crippen molar-refractivity contribution >= 4 is 51.8 Å². The van der Waals surface area contributed by atoms with Crippen molar-refractivity contribution in [3.8, 4) is 0 Å². The van der Waals surface area contributed by atoms with Crippen molar-refractivity contribution in [2.24, 2.45) is 12.0 Å². The lowest BCUT2D eigenvalue weighted by Gasteiger charge is -2.33. The van der Waals surface area contributed by atoms with E-state index in [-0.39, 0.29) is 29.9 Å². The second-order valence-corrected chi connectivity index (χ2v) is 7.62. The van der Waals surface area contributed by atoms with Crippen LogP contribution in [0, 0.1) is 0 Å². The summed E-state index contributed by atoms with van der Waals surface area (Å²) in [6.07, 6.45) is 2.06. The minimum absolute atomic E-state index is 0. The molecule has 0 unspecified atom stereocenters. The summed E-state index contributed by atoms with van der Waals surface area (Å²) in [5.41, 5.74) is 1.23. The first-order valence-corrected chi connectivity index (χ1v) is 9.98. The molecule has 7 nitrogen and oxygen atoms in total. The number of hydrogen-bond acceptors (Lipinski definition) is 3. The summed E-state index contributed by atoms with van der Waals surface area (Å²) in [5, 5.41) is 3.37. The highest BCUT2D eigenvalue weighted by molar-refractivity contribution is 14.0. The molecule has 2 rings (SSSR count). The van der Waals surface area contributed by atoms with Crippen LogP contribution in [0.4, 0.5) is 0 Å². The fourth-order valence-corrected chi connectivity index (χ4v) is 3.67. The third kappa shape index (κ3) is 7.61. The first kappa shape index (κ1) is 24.2. The molecule has 0 bridgehead atoms. The summed E-state index contributed by atoms with van der Waals surface area (Å²) in [7, 11) is 4.12. The summed E-state index contributed by atoms with van der Waals surface area (Å²) in [6, 6.07) is 2.13. The van der Waals surface area contributed by atoms with Gasteiger partial charge in [-0.2, -0.15) is 0 Å². The van der Waals surface area contributed by atoms with Crippen LogP contribution in [0.5, 0.6) is 0 Å². The maximum absolute atomic E-state index is 11.4. The number of carbonyl (C=O) groups excluding carboxylic acids is 1. The van der Waals surface area contributed by atoms with Crippen molar-refractivity contribution in [3.05, 3.63) is 22.4 Å². The average molecular weight is 555 g/mol. The van der Waals surface area contributed by atoms with Crippen molar-refractivity contribution in [3.63, 3.8) is 0 Å². The van der Waals surface area contributed by atoms with E-state index in [4.69, 9.17) is 4.99 Å². The third-order valence-electron chi connectivity index (χ3n) is 4.67. The zero-order chi connectivity index (χ0) is 19.1. The Labute approximate surface area is 188 Å². The largest absolute Gasteiger partial charge is 0.357 e. The van der Waals surface area contributed by atoms with Gasteiger partial charge in [0.05, 0.1) is 13.1 Å². The summed E-state index contributed by atoms with van der Waals surface area (Å²) in [6.45, 7) is 10.5. The predicted octanol–water partition coefficient (Wildman–Crippen LogP) is 1.97. The van der Waals surface area contributed by atoms with E-state index < -0.39 is 0 Å². The number of aromatic nitrogens is 1. The monoisotopic (exact) mass is 554 g/mol. The van der Waals surface area contributed by atoms with Gasteiger partial charge in [0.2, 0.25) is 5.91 Å². The second kappa shape index (κ2) is 11.9. The van der Waals surface area contributed by atoms with E-state index in [1.165, 1.54) is 5.69 Å². The lowest BCUT2D eigenvalue weighted by Crippen LogP contribution is -2.48. The van der Waals surface area contributed by atoms with Gasteiger partial charge >= 0.3 is 0 Å². The molecule has 1 aliphatic rings. The van der Waals surface area contributed by atoms with Gasteiger partial charge in [-0.15, -0.1) is 24.0 Å². The Bertz CT molecular complexity index is 627. The molecule has 0 aromatic carbocycles. The maximum Gasteiger partial charge on any atom is 0.219 e. The van der Waals surface area contributed by atoms with Gasteiger partial charge in [-0.25, -0.2) is 0 Å². The Morgan fingerprint density at radius 1 is 1.33 bits per heavy atom. The van der Waals surface area contributed by atoms with Crippen LogP contribution in [0.2, 0.25) is 0 Å². The SMILES string of the molecule is CCNC(=NCCN1CCN(C(C)=O)CC1)N(C)Cc1cc(Br)cn1C.I. The zero-order valence-corrected chi connectivity index (χ0v) is 20.7. The molecule has 1 aromatic rings. The zero-order valence-electron chi connectivity index (χ0n) is 16.7. The Kier molecular flexibility index (Phi) is 10.7. The lowest BCUT2D eigenvalue weighted by molar-refractivity contribution is -0.130. The van der Waals surface area contributed by atoms with Crippen LogP contribution in [0.1, 0.15) is 19.5 Å². The first-order chi connectivity index (χ1) is 12.4. The van der Waals surface area contributed by atoms with E-state index in [2.05, 4.69) is 68.9 Å². The minimum atomic E-state index is 0. The highest BCUT2D eigenvalue weighted by Gasteiger charge is 2.18. The fraction of sp³-hybridized carbons (Fsp3) is 0.667. The maximum atomic E-state index is 11.4. The third-order valence-corrected chi connectivity index (χ3v) is 5.10. The molecular weight excluding hydrogens is 523 g/mol. The van der Waals surface area contributed by atoms with Crippen molar-refractivity contribution in [1.29, 1.82) is 0 Å². The molecule has 1 aliphatic heterocycles. The first-order valence-electron chi connectivity index (χ1n) is 9.18. The van der Waals surface area contributed by atoms with Crippen LogP contribution in [0.15, 0.2) is 21.7 Å². The molecule has 0 aliphatic carbocycles. The van der Waals surface area contributed by atoms with E-state index in [1.807, 2.05) is 4.90 Å². The van der Waals surface area contributed by atoms with Gasteiger partial charge in [0.15, 0.2) is 5.96 Å². The number of rotatable bonds is 6. The molecule has 1 amide bonds. The quantitative estimate of drug-likeness (QED) is 0.332. The Hall–Kier alpha value is -0.810. The topological polar surface area (TPSA) is 56.1 Å². The lowest BCUT2D eigenvalue weighted by atomic mass is 10.3. The Balaban J connectivity index is 0.00000364. The van der Waals surface area contributed by atoms with Crippen molar-refractivity contribution in [2.45, 2.75) is 20.4 Å². The van der Waals surface area contributed by atoms with Gasteiger partial charge in [0.25, 0.3) is 0 Å². The summed E-state index contributed by atoms with van der Waals surface area (Å²) in [5.74, 6) is 1.10. The standard InChI is InChI=1S/C18H31BrN6O.HI/c1-5-20-18(23(4)14-17-12-16(19)13-22(17)3)21-6-7-24-8-10-25(11-9-24)15(2)26;/h12-13H,5-11,14H2,1-4H3,(H,20,21);1H. The molecular formula is C18H32BrIN6O. The van der Waals surface area contributed by atoms with Gasteiger partial charge in [0, 0.05) is 76.7 Å². The van der Waals surface area contributed by atoms with Crippen molar-refractivity contribution < 1.29 is 4.79 Å². The molecule has 0 spiro atoms. The number of nitrogens with one attached hydrogen (secondary N) is 1. The van der Waals surface area contributed by atoms with Gasteiger partial charge in [0.1, 0.15) is 0 Å². The van der Waals surface area contributed by atoms with E-state index >= 15 is 0 Å². The number of aryl methyl sites for hydroxylation is 1. The number of hydrogen-bond donors (Lipinski definition) is 1. The van der Waals surface area contributed by atoms with Gasteiger partial charge in [-0.1, -0.05) is 0 Å². The Morgan fingerprint density at radius 3 is 2.52 bits per heavy atom. The molecule has 154 valence electrons. The number of piperazine rings is 1. The number of nitrogens with zero attached hydrogens (tertiary/aromatic N) is 5. The van der Waals surface area contributed by atoms with Gasteiger partial charge < -0.3 is 19.7 Å². The smallest absolute Gasteiger partial charge is 0.219 e. The second-order valence-electron chi connectivity index (χ2n) is 6.70. The number of amides is 1. The van der Waals surface area contributed by atoms with E-state index in [0.29, 0.717) is 0 Å². The summed E-state index contributed by atoms with van der Waals surface area (Å²) < 4.78 is 3.22. The highest BCUT2D eigenvalue weighted by Crippen LogP contribution is 2.15. The van der Waals surface area contributed by atoms with Crippen LogP contribution in [0.25, 0.3) is 0 Å². The molecule has 9 heteroatoms. The van der Waals surface area contributed by atoms with Crippen LogP contribution in [0.3, 0.4) is 0 Å².